The molecule has 1 amide bonds. The van der Waals surface area contributed by atoms with E-state index in [9.17, 15) is 9.18 Å². The van der Waals surface area contributed by atoms with E-state index in [1.54, 1.807) is 12.1 Å². The zero-order chi connectivity index (χ0) is 16.9. The van der Waals surface area contributed by atoms with E-state index in [-0.39, 0.29) is 30.2 Å². The summed E-state index contributed by atoms with van der Waals surface area (Å²) in [6.07, 6.45) is 2.02. The Balaban J connectivity index is 0.00000225. The van der Waals surface area contributed by atoms with Gasteiger partial charge in [-0.3, -0.25) is 4.79 Å². The standard InChI is InChI=1S/C19H21FN2O2.ClH/c20-15-3-7-17(8-4-15)24-18-9-11-22(12-10-18)19(23)13-14-1-5-16(21)6-2-14;/h1-8,18H,9-13,21H2;1H. The van der Waals surface area contributed by atoms with Gasteiger partial charge in [0.05, 0.1) is 6.42 Å². The molecule has 1 aliphatic rings. The van der Waals surface area contributed by atoms with Crippen molar-refractivity contribution >= 4 is 24.0 Å². The maximum absolute atomic E-state index is 12.9. The second kappa shape index (κ2) is 8.72. The van der Waals surface area contributed by atoms with Crippen LogP contribution in [0.3, 0.4) is 0 Å². The van der Waals surface area contributed by atoms with Gasteiger partial charge in [-0.25, -0.2) is 4.39 Å². The summed E-state index contributed by atoms with van der Waals surface area (Å²) in [5, 5.41) is 0. The van der Waals surface area contributed by atoms with E-state index >= 15 is 0 Å². The van der Waals surface area contributed by atoms with E-state index in [0.29, 0.717) is 30.9 Å². The molecule has 2 aromatic carbocycles. The second-order valence-electron chi connectivity index (χ2n) is 6.07. The van der Waals surface area contributed by atoms with Gasteiger partial charge in [-0.2, -0.15) is 0 Å². The van der Waals surface area contributed by atoms with Crippen molar-refractivity contribution < 1.29 is 13.9 Å². The fourth-order valence-electron chi connectivity index (χ4n) is 2.85. The first kappa shape index (κ1) is 19.1. The number of anilines is 1. The van der Waals surface area contributed by atoms with E-state index in [1.807, 2.05) is 29.2 Å². The van der Waals surface area contributed by atoms with Crippen molar-refractivity contribution in [3.05, 3.63) is 59.9 Å². The molecule has 0 atom stereocenters. The van der Waals surface area contributed by atoms with E-state index in [4.69, 9.17) is 10.5 Å². The number of nitrogen functional groups attached to an aromatic ring is 1. The average molecular weight is 365 g/mol. The number of ether oxygens (including phenoxy) is 1. The SMILES string of the molecule is Cl.Nc1ccc(CC(=O)N2CCC(Oc3ccc(F)cc3)CC2)cc1. The van der Waals surface area contributed by atoms with Gasteiger partial charge in [0.2, 0.25) is 5.91 Å². The highest BCUT2D eigenvalue weighted by atomic mass is 35.5. The maximum Gasteiger partial charge on any atom is 0.226 e. The smallest absolute Gasteiger partial charge is 0.226 e. The number of hydrogen-bond acceptors (Lipinski definition) is 3. The lowest BCUT2D eigenvalue weighted by atomic mass is 10.1. The van der Waals surface area contributed by atoms with Crippen LogP contribution in [-0.2, 0) is 11.2 Å². The highest BCUT2D eigenvalue weighted by Crippen LogP contribution is 2.20. The molecule has 1 heterocycles. The Morgan fingerprint density at radius 1 is 1.08 bits per heavy atom. The number of benzene rings is 2. The Labute approximate surface area is 153 Å². The molecule has 1 saturated heterocycles. The van der Waals surface area contributed by atoms with Gasteiger partial charge in [0.25, 0.3) is 0 Å². The van der Waals surface area contributed by atoms with Gasteiger partial charge < -0.3 is 15.4 Å². The maximum atomic E-state index is 12.9. The molecule has 0 bridgehead atoms. The summed E-state index contributed by atoms with van der Waals surface area (Å²) in [4.78, 5) is 14.2. The van der Waals surface area contributed by atoms with Gasteiger partial charge in [-0.15, -0.1) is 12.4 Å². The number of hydrogen-bond donors (Lipinski definition) is 1. The minimum Gasteiger partial charge on any atom is -0.490 e. The highest BCUT2D eigenvalue weighted by Gasteiger charge is 2.23. The zero-order valence-corrected chi connectivity index (χ0v) is 14.7. The first-order chi connectivity index (χ1) is 11.6. The Bertz CT molecular complexity index is 684. The molecule has 0 aromatic heterocycles. The van der Waals surface area contributed by atoms with Crippen LogP contribution in [0.15, 0.2) is 48.5 Å². The van der Waals surface area contributed by atoms with Crippen LogP contribution in [0, 0.1) is 5.82 Å². The van der Waals surface area contributed by atoms with Crippen LogP contribution in [0.25, 0.3) is 0 Å². The van der Waals surface area contributed by atoms with Gasteiger partial charge in [0, 0.05) is 31.6 Å². The summed E-state index contributed by atoms with van der Waals surface area (Å²) in [5.74, 6) is 0.522. The van der Waals surface area contributed by atoms with E-state index in [0.717, 1.165) is 18.4 Å². The number of nitrogens with two attached hydrogens (primary N) is 1. The minimum atomic E-state index is -0.273. The lowest BCUT2D eigenvalue weighted by Gasteiger charge is -2.32. The molecule has 25 heavy (non-hydrogen) atoms. The van der Waals surface area contributed by atoms with Crippen LogP contribution < -0.4 is 10.5 Å². The molecule has 3 rings (SSSR count). The summed E-state index contributed by atoms with van der Waals surface area (Å²) in [6.45, 7) is 1.36. The Morgan fingerprint density at radius 2 is 1.68 bits per heavy atom. The number of rotatable bonds is 4. The fraction of sp³-hybridized carbons (Fsp3) is 0.316. The predicted molar refractivity (Wildman–Crippen MR) is 98.4 cm³/mol. The first-order valence-electron chi connectivity index (χ1n) is 8.14. The molecule has 0 radical (unpaired) electrons. The van der Waals surface area contributed by atoms with Crippen LogP contribution >= 0.6 is 12.4 Å². The van der Waals surface area contributed by atoms with Gasteiger partial charge in [0.15, 0.2) is 0 Å². The number of carbonyl (C=O) groups is 1. The van der Waals surface area contributed by atoms with Crippen LogP contribution in [0.4, 0.5) is 10.1 Å². The summed E-state index contributed by atoms with van der Waals surface area (Å²) >= 11 is 0. The molecule has 1 fully saturated rings. The molecule has 4 nitrogen and oxygen atoms in total. The van der Waals surface area contributed by atoms with Gasteiger partial charge >= 0.3 is 0 Å². The van der Waals surface area contributed by atoms with Crippen LogP contribution in [0.5, 0.6) is 5.75 Å². The van der Waals surface area contributed by atoms with Crippen molar-refractivity contribution in [1.29, 1.82) is 0 Å². The molecule has 6 heteroatoms. The van der Waals surface area contributed by atoms with Crippen LogP contribution in [0.1, 0.15) is 18.4 Å². The lowest BCUT2D eigenvalue weighted by molar-refractivity contribution is -0.132. The summed E-state index contributed by atoms with van der Waals surface area (Å²) in [6, 6.07) is 13.4. The Morgan fingerprint density at radius 3 is 2.28 bits per heavy atom. The molecular weight excluding hydrogens is 343 g/mol. The highest BCUT2D eigenvalue weighted by molar-refractivity contribution is 5.85. The predicted octanol–water partition coefficient (Wildman–Crippen LogP) is 3.44. The molecule has 2 aromatic rings. The number of amides is 1. The fourth-order valence-corrected chi connectivity index (χ4v) is 2.85. The molecular formula is C19H22ClFN2O2. The number of piperidine rings is 1. The van der Waals surface area contributed by atoms with Crippen LogP contribution in [-0.4, -0.2) is 30.0 Å². The largest absolute Gasteiger partial charge is 0.490 e. The second-order valence-corrected chi connectivity index (χ2v) is 6.07. The average Bonchev–Trinajstić information content (AvgIpc) is 2.59. The normalized spacial score (nSPS) is 14.7. The Kier molecular flexibility index (Phi) is 6.65. The van der Waals surface area contributed by atoms with Crippen LogP contribution in [0.2, 0.25) is 0 Å². The third-order valence-corrected chi connectivity index (χ3v) is 4.25. The van der Waals surface area contributed by atoms with E-state index in [1.165, 1.54) is 12.1 Å². The van der Waals surface area contributed by atoms with Crippen molar-refractivity contribution in [3.8, 4) is 5.75 Å². The monoisotopic (exact) mass is 364 g/mol. The lowest BCUT2D eigenvalue weighted by Crippen LogP contribution is -2.42. The Hall–Kier alpha value is -2.27. The third kappa shape index (κ3) is 5.36. The zero-order valence-electron chi connectivity index (χ0n) is 13.9. The molecule has 0 saturated carbocycles. The number of carbonyl (C=O) groups excluding carboxylic acids is 1. The summed E-state index contributed by atoms with van der Waals surface area (Å²) in [7, 11) is 0. The van der Waals surface area contributed by atoms with Gasteiger partial charge in [-0.1, -0.05) is 12.1 Å². The first-order valence-corrected chi connectivity index (χ1v) is 8.14. The molecule has 1 aliphatic heterocycles. The number of halogens is 2. The van der Waals surface area contributed by atoms with Crippen molar-refractivity contribution in [2.75, 3.05) is 18.8 Å². The molecule has 2 N–H and O–H groups in total. The minimum absolute atomic E-state index is 0. The topological polar surface area (TPSA) is 55.6 Å². The number of nitrogens with zero attached hydrogens (tertiary/aromatic N) is 1. The molecule has 0 aliphatic carbocycles. The summed E-state index contributed by atoms with van der Waals surface area (Å²) < 4.78 is 18.8. The van der Waals surface area contributed by atoms with Crippen molar-refractivity contribution in [2.45, 2.75) is 25.4 Å². The van der Waals surface area contributed by atoms with Gasteiger partial charge in [-0.05, 0) is 42.0 Å². The quantitative estimate of drug-likeness (QED) is 0.845. The van der Waals surface area contributed by atoms with Crippen molar-refractivity contribution in [2.24, 2.45) is 0 Å². The molecule has 134 valence electrons. The molecule has 0 spiro atoms. The number of likely N-dealkylation sites (tertiary alicyclic amines) is 1. The third-order valence-electron chi connectivity index (χ3n) is 4.25. The van der Waals surface area contributed by atoms with Crippen molar-refractivity contribution in [3.63, 3.8) is 0 Å². The van der Waals surface area contributed by atoms with E-state index < -0.39 is 0 Å². The van der Waals surface area contributed by atoms with Gasteiger partial charge in [0.1, 0.15) is 17.7 Å². The van der Waals surface area contributed by atoms with E-state index in [2.05, 4.69) is 0 Å². The molecule has 0 unspecified atom stereocenters. The summed E-state index contributed by atoms with van der Waals surface area (Å²) in [5.41, 5.74) is 7.33. The van der Waals surface area contributed by atoms with Crippen molar-refractivity contribution in [1.82, 2.24) is 4.90 Å².